The number of sulfonamides is 1. The van der Waals surface area contributed by atoms with E-state index in [1.165, 1.54) is 18.3 Å². The fourth-order valence-electron chi connectivity index (χ4n) is 1.17. The van der Waals surface area contributed by atoms with Gasteiger partial charge in [0, 0.05) is 10.7 Å². The Labute approximate surface area is 105 Å². The number of hydrogen-bond donors (Lipinski definition) is 2. The Morgan fingerprint density at radius 3 is 2.76 bits per heavy atom. The number of nitrogens with zero attached hydrogens (tertiary/aromatic N) is 1. The summed E-state index contributed by atoms with van der Waals surface area (Å²) in [6.07, 6.45) is 2.34. The number of rotatable bonds is 3. The smallest absolute Gasteiger partial charge is 0.265 e. The summed E-state index contributed by atoms with van der Waals surface area (Å²) in [6.45, 7) is 0. The van der Waals surface area contributed by atoms with Crippen LogP contribution in [0.4, 0.5) is 10.1 Å². The van der Waals surface area contributed by atoms with Crippen molar-refractivity contribution in [3.8, 4) is 0 Å². The van der Waals surface area contributed by atoms with E-state index in [-0.39, 0.29) is 10.6 Å². The van der Waals surface area contributed by atoms with Crippen molar-refractivity contribution in [2.24, 2.45) is 0 Å². The molecule has 90 valence electrons. The lowest BCUT2D eigenvalue weighted by Crippen LogP contribution is -2.13. The van der Waals surface area contributed by atoms with Crippen molar-refractivity contribution in [3.63, 3.8) is 0 Å². The topological polar surface area (TPSA) is 74.8 Å². The number of para-hydroxylation sites is 1. The first-order chi connectivity index (χ1) is 8.00. The Balaban J connectivity index is 2.40. The van der Waals surface area contributed by atoms with Gasteiger partial charge in [0.15, 0.2) is 0 Å². The Kier molecular flexibility index (Phi) is 3.16. The molecule has 0 aliphatic rings. The minimum absolute atomic E-state index is 0.0624. The van der Waals surface area contributed by atoms with Crippen molar-refractivity contribution in [2.75, 3.05) is 4.72 Å². The zero-order valence-electron chi connectivity index (χ0n) is 8.31. The van der Waals surface area contributed by atoms with Crippen molar-refractivity contribution in [1.29, 1.82) is 0 Å². The van der Waals surface area contributed by atoms with Gasteiger partial charge in [0.05, 0.1) is 11.9 Å². The third-order valence-electron chi connectivity index (χ3n) is 1.98. The van der Waals surface area contributed by atoms with E-state index < -0.39 is 15.8 Å². The lowest BCUT2D eigenvalue weighted by molar-refractivity contribution is 0.598. The van der Waals surface area contributed by atoms with Crippen molar-refractivity contribution in [1.82, 2.24) is 10.2 Å². The van der Waals surface area contributed by atoms with Crippen LogP contribution >= 0.6 is 15.9 Å². The fourth-order valence-corrected chi connectivity index (χ4v) is 2.74. The number of benzene rings is 1. The molecule has 0 radical (unpaired) electrons. The molecular formula is C9H7BrFN3O2S. The van der Waals surface area contributed by atoms with E-state index in [1.807, 2.05) is 0 Å². The summed E-state index contributed by atoms with van der Waals surface area (Å²) in [5.41, 5.74) is -0.131. The number of nitrogens with one attached hydrogen (secondary N) is 2. The first-order valence-corrected chi connectivity index (χ1v) is 6.74. The number of aromatic nitrogens is 2. The van der Waals surface area contributed by atoms with Crippen LogP contribution in [0.5, 0.6) is 0 Å². The summed E-state index contributed by atoms with van der Waals surface area (Å²) in [5.74, 6) is -0.661. The molecule has 5 nitrogen and oxygen atoms in total. The number of halogens is 2. The van der Waals surface area contributed by atoms with E-state index in [0.29, 0.717) is 4.47 Å². The average molecular weight is 320 g/mol. The third-order valence-corrected chi connectivity index (χ3v) is 3.96. The zero-order valence-corrected chi connectivity index (χ0v) is 10.7. The molecule has 0 aliphatic carbocycles. The molecule has 0 spiro atoms. The van der Waals surface area contributed by atoms with E-state index in [4.69, 9.17) is 0 Å². The van der Waals surface area contributed by atoms with Gasteiger partial charge in [-0.25, -0.2) is 12.8 Å². The van der Waals surface area contributed by atoms with Crippen LogP contribution in [0.25, 0.3) is 0 Å². The minimum atomic E-state index is -3.83. The van der Waals surface area contributed by atoms with E-state index in [2.05, 4.69) is 30.8 Å². The van der Waals surface area contributed by atoms with Crippen LogP contribution in [0.15, 0.2) is 40.0 Å². The van der Waals surface area contributed by atoms with Gasteiger partial charge in [0.25, 0.3) is 10.0 Å². The number of H-pyrrole nitrogens is 1. The van der Waals surface area contributed by atoms with Gasteiger partial charge in [0.2, 0.25) is 0 Å². The fraction of sp³-hybridized carbons (Fsp3) is 0. The van der Waals surface area contributed by atoms with Gasteiger partial charge in [-0.05, 0) is 28.1 Å². The summed E-state index contributed by atoms with van der Waals surface area (Å²) < 4.78 is 39.5. The van der Waals surface area contributed by atoms with Gasteiger partial charge in [-0.1, -0.05) is 6.07 Å². The molecule has 0 atom stereocenters. The predicted molar refractivity (Wildman–Crippen MR) is 63.5 cm³/mol. The molecule has 0 aliphatic heterocycles. The molecule has 0 amide bonds. The van der Waals surface area contributed by atoms with E-state index in [1.54, 1.807) is 0 Å². The maximum absolute atomic E-state index is 13.4. The number of hydrogen-bond acceptors (Lipinski definition) is 3. The molecule has 0 saturated carbocycles. The van der Waals surface area contributed by atoms with Crippen LogP contribution in [-0.2, 0) is 10.0 Å². The summed E-state index contributed by atoms with van der Waals surface area (Å²) in [5, 5.41) is 5.90. The number of aromatic amines is 1. The van der Waals surface area contributed by atoms with Crippen LogP contribution < -0.4 is 4.72 Å². The predicted octanol–water partition coefficient (Wildman–Crippen LogP) is 2.11. The SMILES string of the molecule is O=S(=O)(Nc1c(F)cccc1Br)c1cn[nH]c1. The van der Waals surface area contributed by atoms with Crippen LogP contribution in [-0.4, -0.2) is 18.6 Å². The highest BCUT2D eigenvalue weighted by Crippen LogP contribution is 2.27. The van der Waals surface area contributed by atoms with Gasteiger partial charge >= 0.3 is 0 Å². The standard InChI is InChI=1S/C9H7BrFN3O2S/c10-7-2-1-3-8(11)9(7)14-17(15,16)6-4-12-13-5-6/h1-5,14H,(H,12,13). The quantitative estimate of drug-likeness (QED) is 0.909. The first kappa shape index (κ1) is 12.1. The van der Waals surface area contributed by atoms with Crippen LogP contribution in [0.3, 0.4) is 0 Å². The lowest BCUT2D eigenvalue weighted by Gasteiger charge is -2.08. The van der Waals surface area contributed by atoms with Crippen molar-refractivity contribution < 1.29 is 12.8 Å². The van der Waals surface area contributed by atoms with E-state index in [9.17, 15) is 12.8 Å². The third kappa shape index (κ3) is 2.47. The van der Waals surface area contributed by atoms with Gasteiger partial charge in [-0.3, -0.25) is 9.82 Å². The molecule has 0 fully saturated rings. The summed E-state index contributed by atoms with van der Waals surface area (Å²) in [4.78, 5) is -0.0624. The normalized spacial score (nSPS) is 11.4. The largest absolute Gasteiger partial charge is 0.284 e. The maximum Gasteiger partial charge on any atom is 0.265 e. The van der Waals surface area contributed by atoms with Crippen molar-refractivity contribution >= 4 is 31.6 Å². The van der Waals surface area contributed by atoms with Crippen LogP contribution in [0.1, 0.15) is 0 Å². The molecule has 17 heavy (non-hydrogen) atoms. The zero-order chi connectivity index (χ0) is 12.5. The summed E-state index contributed by atoms with van der Waals surface area (Å²) >= 11 is 3.07. The second-order valence-electron chi connectivity index (χ2n) is 3.14. The highest BCUT2D eigenvalue weighted by atomic mass is 79.9. The highest BCUT2D eigenvalue weighted by Gasteiger charge is 2.18. The summed E-state index contributed by atoms with van der Waals surface area (Å²) in [7, 11) is -3.83. The molecule has 0 unspecified atom stereocenters. The monoisotopic (exact) mass is 319 g/mol. The van der Waals surface area contributed by atoms with E-state index >= 15 is 0 Å². The molecule has 8 heteroatoms. The van der Waals surface area contributed by atoms with E-state index in [0.717, 1.165) is 12.3 Å². The second-order valence-corrected chi connectivity index (χ2v) is 5.67. The van der Waals surface area contributed by atoms with Crippen molar-refractivity contribution in [3.05, 3.63) is 40.9 Å². The van der Waals surface area contributed by atoms with Gasteiger partial charge in [-0.2, -0.15) is 5.10 Å². The first-order valence-electron chi connectivity index (χ1n) is 4.46. The maximum atomic E-state index is 13.4. The molecule has 2 aromatic rings. The Hall–Kier alpha value is -1.41. The van der Waals surface area contributed by atoms with Gasteiger partial charge < -0.3 is 0 Å². The molecule has 0 bridgehead atoms. The Bertz CT molecular complexity index is 607. The lowest BCUT2D eigenvalue weighted by atomic mass is 10.3. The molecule has 1 aromatic carbocycles. The van der Waals surface area contributed by atoms with Crippen LogP contribution in [0, 0.1) is 5.82 Å². The van der Waals surface area contributed by atoms with Gasteiger partial charge in [-0.15, -0.1) is 0 Å². The molecule has 1 heterocycles. The minimum Gasteiger partial charge on any atom is -0.284 e. The highest BCUT2D eigenvalue weighted by molar-refractivity contribution is 9.10. The van der Waals surface area contributed by atoms with Crippen LogP contribution in [0.2, 0.25) is 0 Å². The second kappa shape index (κ2) is 4.46. The molecular weight excluding hydrogens is 313 g/mol. The Morgan fingerprint density at radius 2 is 2.18 bits per heavy atom. The molecule has 2 rings (SSSR count). The summed E-state index contributed by atoms with van der Waals surface area (Å²) in [6, 6.07) is 4.17. The molecule has 0 saturated heterocycles. The van der Waals surface area contributed by atoms with Crippen molar-refractivity contribution in [2.45, 2.75) is 4.90 Å². The molecule has 1 aromatic heterocycles. The average Bonchev–Trinajstić information content (AvgIpc) is 2.77. The molecule has 2 N–H and O–H groups in total. The number of anilines is 1. The Morgan fingerprint density at radius 1 is 1.41 bits per heavy atom. The van der Waals surface area contributed by atoms with Gasteiger partial charge in [0.1, 0.15) is 10.7 Å².